The number of cyclic esters (lactones) is 1. The summed E-state index contributed by atoms with van der Waals surface area (Å²) in [5.41, 5.74) is 1.52. The Kier molecular flexibility index (Phi) is 6.17. The molecule has 1 N–H and O–H groups in total. The lowest BCUT2D eigenvalue weighted by atomic mass is 10.2. The van der Waals surface area contributed by atoms with Crippen molar-refractivity contribution in [3.63, 3.8) is 0 Å². The van der Waals surface area contributed by atoms with Crippen LogP contribution in [0.3, 0.4) is 0 Å². The van der Waals surface area contributed by atoms with E-state index in [0.717, 1.165) is 18.5 Å². The number of nitrogens with zero attached hydrogens (tertiary/aromatic N) is 2. The van der Waals surface area contributed by atoms with Crippen molar-refractivity contribution in [2.24, 2.45) is 0 Å². The molecule has 0 saturated carbocycles. The van der Waals surface area contributed by atoms with Crippen LogP contribution in [0.2, 0.25) is 0 Å². The van der Waals surface area contributed by atoms with Gasteiger partial charge in [0.05, 0.1) is 13.1 Å². The van der Waals surface area contributed by atoms with E-state index in [1.54, 1.807) is 24.0 Å². The summed E-state index contributed by atoms with van der Waals surface area (Å²) in [5, 5.41) is 2.51. The average molecular weight is 333 g/mol. The number of anilines is 2. The highest BCUT2D eigenvalue weighted by atomic mass is 16.6. The molecule has 1 aliphatic rings. The maximum Gasteiger partial charge on any atom is 0.414 e. The number of rotatable bonds is 8. The predicted octanol–water partition coefficient (Wildman–Crippen LogP) is 1.91. The lowest BCUT2D eigenvalue weighted by molar-refractivity contribution is -0.116. The maximum atomic E-state index is 11.9. The lowest BCUT2D eigenvalue weighted by Crippen LogP contribution is -2.30. The van der Waals surface area contributed by atoms with Crippen LogP contribution in [-0.4, -0.2) is 44.1 Å². The zero-order chi connectivity index (χ0) is 17.5. The number of amides is 3. The fourth-order valence-corrected chi connectivity index (χ4v) is 2.62. The average Bonchev–Trinajstić information content (AvgIpc) is 2.94. The third-order valence-corrected chi connectivity index (χ3v) is 3.89. The van der Waals surface area contributed by atoms with Gasteiger partial charge in [0.1, 0.15) is 6.10 Å². The van der Waals surface area contributed by atoms with Crippen LogP contribution in [0.4, 0.5) is 16.2 Å². The van der Waals surface area contributed by atoms with Gasteiger partial charge in [-0.3, -0.25) is 14.5 Å². The van der Waals surface area contributed by atoms with Gasteiger partial charge in [-0.05, 0) is 30.7 Å². The van der Waals surface area contributed by atoms with Crippen LogP contribution in [0, 0.1) is 0 Å². The number of carbonyl (C=O) groups excluding carboxylic acids is 3. The van der Waals surface area contributed by atoms with E-state index in [-0.39, 0.29) is 12.0 Å². The number of ether oxygens (including phenoxy) is 1. The van der Waals surface area contributed by atoms with E-state index in [9.17, 15) is 14.4 Å². The van der Waals surface area contributed by atoms with Crippen molar-refractivity contribution in [2.45, 2.75) is 32.8 Å². The highest BCUT2D eigenvalue weighted by Gasteiger charge is 2.32. The quantitative estimate of drug-likeness (QED) is 0.737. The van der Waals surface area contributed by atoms with Gasteiger partial charge in [-0.2, -0.15) is 0 Å². The molecule has 7 heteroatoms. The predicted molar refractivity (Wildman–Crippen MR) is 91.1 cm³/mol. The molecule has 0 spiro atoms. The summed E-state index contributed by atoms with van der Waals surface area (Å²) in [6.45, 7) is 4.98. The van der Waals surface area contributed by atoms with Crippen molar-refractivity contribution in [2.75, 3.05) is 29.4 Å². The van der Waals surface area contributed by atoms with Crippen LogP contribution < -0.4 is 15.1 Å². The van der Waals surface area contributed by atoms with E-state index in [0.29, 0.717) is 31.7 Å². The van der Waals surface area contributed by atoms with Crippen LogP contribution >= 0.6 is 0 Å². The van der Waals surface area contributed by atoms with Crippen molar-refractivity contribution in [3.8, 4) is 0 Å². The Labute approximate surface area is 141 Å². The summed E-state index contributed by atoms with van der Waals surface area (Å²) >= 11 is 0. The molecule has 0 bridgehead atoms. The van der Waals surface area contributed by atoms with E-state index in [1.807, 2.05) is 12.1 Å². The molecule has 1 saturated heterocycles. The second kappa shape index (κ2) is 8.33. The van der Waals surface area contributed by atoms with Crippen LogP contribution in [-0.2, 0) is 14.3 Å². The normalized spacial score (nSPS) is 16.7. The van der Waals surface area contributed by atoms with Crippen LogP contribution in [0.15, 0.2) is 24.3 Å². The maximum absolute atomic E-state index is 11.9. The molecule has 2 rings (SSSR count). The molecule has 7 nitrogen and oxygen atoms in total. The van der Waals surface area contributed by atoms with E-state index in [1.165, 1.54) is 4.90 Å². The molecule has 1 fully saturated rings. The Morgan fingerprint density at radius 3 is 2.71 bits per heavy atom. The van der Waals surface area contributed by atoms with Crippen molar-refractivity contribution in [3.05, 3.63) is 24.3 Å². The van der Waals surface area contributed by atoms with E-state index < -0.39 is 6.09 Å². The van der Waals surface area contributed by atoms with E-state index in [4.69, 9.17) is 4.74 Å². The number of nitrogens with one attached hydrogen (secondary N) is 1. The number of hydrogen-bond acceptors (Lipinski definition) is 4. The molecule has 3 amide bonds. The minimum atomic E-state index is -0.435. The van der Waals surface area contributed by atoms with Crippen LogP contribution in [0.5, 0.6) is 0 Å². The summed E-state index contributed by atoms with van der Waals surface area (Å²) in [6, 6.07) is 7.26. The molecule has 0 aliphatic carbocycles. The Bertz CT molecular complexity index is 588. The SMILES string of the molecule is CCCCN(C(C)=O)c1ccc(N2C[C@H](CNC=O)OC2=O)cc1. The molecule has 0 unspecified atom stereocenters. The largest absolute Gasteiger partial charge is 0.442 e. The summed E-state index contributed by atoms with van der Waals surface area (Å²) < 4.78 is 5.20. The van der Waals surface area contributed by atoms with Crippen LogP contribution in [0.25, 0.3) is 0 Å². The highest BCUT2D eigenvalue weighted by Crippen LogP contribution is 2.25. The topological polar surface area (TPSA) is 79.0 Å². The molecule has 0 aromatic heterocycles. The number of benzene rings is 1. The Morgan fingerprint density at radius 1 is 1.42 bits per heavy atom. The zero-order valence-electron chi connectivity index (χ0n) is 14.0. The van der Waals surface area contributed by atoms with Gasteiger partial charge in [-0.1, -0.05) is 13.3 Å². The van der Waals surface area contributed by atoms with Gasteiger partial charge in [0, 0.05) is 24.8 Å². The van der Waals surface area contributed by atoms with Crippen molar-refractivity contribution >= 4 is 29.8 Å². The van der Waals surface area contributed by atoms with Gasteiger partial charge < -0.3 is 15.0 Å². The number of unbranched alkanes of at least 4 members (excludes halogenated alkanes) is 1. The first-order valence-corrected chi connectivity index (χ1v) is 8.10. The summed E-state index contributed by atoms with van der Waals surface area (Å²) in [6.07, 6.45) is 1.73. The van der Waals surface area contributed by atoms with Gasteiger partial charge >= 0.3 is 6.09 Å². The summed E-state index contributed by atoms with van der Waals surface area (Å²) in [4.78, 5) is 37.3. The molecular formula is C17H23N3O4. The molecule has 0 radical (unpaired) electrons. The molecule has 1 aromatic carbocycles. The summed E-state index contributed by atoms with van der Waals surface area (Å²) in [7, 11) is 0. The second-order valence-electron chi connectivity index (χ2n) is 5.68. The Balaban J connectivity index is 2.07. The minimum absolute atomic E-state index is 0.00298. The Hall–Kier alpha value is -2.57. The van der Waals surface area contributed by atoms with Crippen molar-refractivity contribution < 1.29 is 19.1 Å². The minimum Gasteiger partial charge on any atom is -0.442 e. The van der Waals surface area contributed by atoms with Gasteiger partial charge in [0.15, 0.2) is 0 Å². The molecule has 1 aliphatic heterocycles. The third kappa shape index (κ3) is 4.24. The first-order valence-electron chi connectivity index (χ1n) is 8.10. The fourth-order valence-electron chi connectivity index (χ4n) is 2.62. The van der Waals surface area contributed by atoms with E-state index >= 15 is 0 Å². The molecular weight excluding hydrogens is 310 g/mol. The number of carbonyl (C=O) groups is 3. The zero-order valence-corrected chi connectivity index (χ0v) is 14.0. The molecule has 1 heterocycles. The summed E-state index contributed by atoms with van der Waals surface area (Å²) in [5.74, 6) is -0.00298. The second-order valence-corrected chi connectivity index (χ2v) is 5.68. The van der Waals surface area contributed by atoms with E-state index in [2.05, 4.69) is 12.2 Å². The third-order valence-electron chi connectivity index (χ3n) is 3.89. The smallest absolute Gasteiger partial charge is 0.414 e. The first kappa shape index (κ1) is 17.8. The standard InChI is InChI=1S/C17H23N3O4/c1-3-4-9-19(13(2)22)14-5-7-15(8-6-14)20-11-16(10-18-12-21)24-17(20)23/h5-8,12,16H,3-4,9-11H2,1-2H3,(H,18,21)/t16-/m0/s1. The lowest BCUT2D eigenvalue weighted by Gasteiger charge is -2.22. The highest BCUT2D eigenvalue weighted by molar-refractivity contribution is 5.93. The van der Waals surface area contributed by atoms with Crippen molar-refractivity contribution in [1.29, 1.82) is 0 Å². The van der Waals surface area contributed by atoms with Gasteiger partial charge in [0.25, 0.3) is 0 Å². The fraction of sp³-hybridized carbons (Fsp3) is 0.471. The van der Waals surface area contributed by atoms with Gasteiger partial charge in [0.2, 0.25) is 12.3 Å². The van der Waals surface area contributed by atoms with Gasteiger partial charge in [-0.25, -0.2) is 4.79 Å². The van der Waals surface area contributed by atoms with Crippen LogP contribution in [0.1, 0.15) is 26.7 Å². The molecule has 24 heavy (non-hydrogen) atoms. The molecule has 1 aromatic rings. The van der Waals surface area contributed by atoms with Crippen molar-refractivity contribution in [1.82, 2.24) is 5.32 Å². The molecule has 1 atom stereocenters. The van der Waals surface area contributed by atoms with Gasteiger partial charge in [-0.15, -0.1) is 0 Å². The Morgan fingerprint density at radius 2 is 2.12 bits per heavy atom. The first-order chi connectivity index (χ1) is 11.6. The number of hydrogen-bond donors (Lipinski definition) is 1. The monoisotopic (exact) mass is 333 g/mol. The molecule has 130 valence electrons.